The molecular formula is C78H81Cl2FN4O11SSi. The van der Waals surface area contributed by atoms with Crippen LogP contribution in [-0.2, 0) is 37.6 Å². The number of thiophene rings is 1. The number of benzene rings is 7. The molecule has 0 aliphatic heterocycles. The van der Waals surface area contributed by atoms with Gasteiger partial charge < -0.3 is 47.1 Å². The SMILES string of the molecule is C=CCOC[C@H](COC(c1ccccc1)(c1ccc(OC)cc1)c1ccc(OC)cc1)Oc1c(Cl)c(C)c(-c2c(-c3ccc(F)cc3)sc3ncnc(O[C@H](Cc4cc(O[Si](C)(C)C(C)(C)C)ccc4OCc4ccnc(-c5ccccc5OC)n4)C(=O)OC(C)(C)C)c23)c(C)c1Cl. The van der Waals surface area contributed by atoms with Crippen LogP contribution in [-0.4, -0.2) is 93.2 Å². The maximum Gasteiger partial charge on any atom is 0.348 e. The topological polar surface area (TPSA) is 161 Å². The molecule has 3 aromatic heterocycles. The zero-order valence-electron chi connectivity index (χ0n) is 57.4. The Hall–Kier alpha value is -8.88. The summed E-state index contributed by atoms with van der Waals surface area (Å²) in [6.07, 6.45) is 2.43. The third-order valence-corrected chi connectivity index (χ3v) is 23.5. The van der Waals surface area contributed by atoms with E-state index >= 15 is 4.79 Å². The monoisotopic (exact) mass is 1400 g/mol. The summed E-state index contributed by atoms with van der Waals surface area (Å²) in [5.74, 6) is 2.58. The van der Waals surface area contributed by atoms with Gasteiger partial charge in [0.2, 0.25) is 20.3 Å². The van der Waals surface area contributed by atoms with Gasteiger partial charge in [-0.1, -0.05) is 129 Å². The maximum absolute atomic E-state index is 15.1. The molecule has 15 nitrogen and oxygen atoms in total. The summed E-state index contributed by atoms with van der Waals surface area (Å²) in [6.45, 7) is 24.1. The number of para-hydroxylation sites is 1. The summed E-state index contributed by atoms with van der Waals surface area (Å²) in [6, 6.07) is 46.5. The Kier molecular flexibility index (Phi) is 22.7. The summed E-state index contributed by atoms with van der Waals surface area (Å²) < 4.78 is 79.3. The highest BCUT2D eigenvalue weighted by Crippen LogP contribution is 2.54. The molecule has 0 spiro atoms. The van der Waals surface area contributed by atoms with Crippen molar-refractivity contribution in [1.82, 2.24) is 19.9 Å². The van der Waals surface area contributed by atoms with E-state index in [1.807, 2.05) is 135 Å². The summed E-state index contributed by atoms with van der Waals surface area (Å²) in [5.41, 5.74) is 5.11. The molecule has 0 fully saturated rings. The molecule has 0 N–H and O–H groups in total. The van der Waals surface area contributed by atoms with E-state index in [9.17, 15) is 4.39 Å². The zero-order valence-corrected chi connectivity index (χ0v) is 60.7. The summed E-state index contributed by atoms with van der Waals surface area (Å²) in [5, 5.41) is 0.649. The Morgan fingerprint density at radius 1 is 0.694 bits per heavy atom. The molecule has 2 atom stereocenters. The van der Waals surface area contributed by atoms with Crippen molar-refractivity contribution in [2.45, 2.75) is 110 Å². The van der Waals surface area contributed by atoms with Crippen LogP contribution < -0.4 is 32.8 Å². The van der Waals surface area contributed by atoms with Gasteiger partial charge in [-0.15, -0.1) is 17.9 Å². The number of halogens is 3. The van der Waals surface area contributed by atoms with Crippen molar-refractivity contribution in [3.63, 3.8) is 0 Å². The van der Waals surface area contributed by atoms with Gasteiger partial charge in [0.05, 0.1) is 67.8 Å². The van der Waals surface area contributed by atoms with Crippen LogP contribution in [0, 0.1) is 19.7 Å². The molecule has 0 aliphatic rings. The molecule has 0 amide bonds. The second-order valence-electron chi connectivity index (χ2n) is 26.0. The highest BCUT2D eigenvalue weighted by Gasteiger charge is 2.41. The first-order chi connectivity index (χ1) is 46.9. The number of esters is 1. The lowest BCUT2D eigenvalue weighted by atomic mass is 9.80. The Bertz CT molecular complexity index is 4360. The number of nitrogens with zero attached hydrogens (tertiary/aromatic N) is 4. The molecule has 0 aliphatic carbocycles. The number of carbonyl (C=O) groups is 1. The van der Waals surface area contributed by atoms with Crippen LogP contribution in [0.2, 0.25) is 28.2 Å². The standard InChI is InChI=1S/C78H81Cl2FN4O11SSi/c1-15-41-90-45-60(46-92-78(52-21-17-16-18-22-52,53-27-33-57(87-10)34-28-53)54-29-35-58(88-11)36-30-54)93-70-68(79)48(2)65(49(3)69(70)80)66-67-73(83-47-84-74(67)97-71(66)50-25-31-55(81)32-26-50)94-64(75(86)95-76(4,5)6)43-51-42-59(96-98(13,14)77(7,8)9)37-38-62(51)91-44-56-39-40-82-72(85-56)61-23-19-20-24-63(61)89-12/h15-40,42,47,60,64H,1,41,43-46H2,2-14H3/t60-,64-/m1/s1. The fourth-order valence-corrected chi connectivity index (χ4v) is 13.8. The second-order valence-corrected chi connectivity index (χ2v) is 32.5. The number of aromatic nitrogens is 4. The fraction of sp³-hybridized carbons (Fsp3) is 0.295. The van der Waals surface area contributed by atoms with Gasteiger partial charge in [-0.2, -0.15) is 0 Å². The predicted octanol–water partition coefficient (Wildman–Crippen LogP) is 18.8. The van der Waals surface area contributed by atoms with Crippen molar-refractivity contribution in [3.8, 4) is 73.3 Å². The minimum atomic E-state index is -2.42. The van der Waals surface area contributed by atoms with Gasteiger partial charge in [-0.05, 0) is 164 Å². The number of methoxy groups -OCH3 is 3. The molecule has 510 valence electrons. The maximum atomic E-state index is 15.1. The van der Waals surface area contributed by atoms with Crippen LogP contribution in [0.3, 0.4) is 0 Å². The molecule has 0 unspecified atom stereocenters. The largest absolute Gasteiger partial charge is 0.543 e. The zero-order chi connectivity index (χ0) is 70.1. The number of rotatable bonds is 28. The fourth-order valence-electron chi connectivity index (χ4n) is 11.1. The number of hydrogen-bond acceptors (Lipinski definition) is 16. The highest BCUT2D eigenvalue weighted by atomic mass is 35.5. The summed E-state index contributed by atoms with van der Waals surface area (Å²) >= 11 is 16.7. The highest BCUT2D eigenvalue weighted by molar-refractivity contribution is 7.22. The first kappa shape index (κ1) is 71.9. The third-order valence-electron chi connectivity index (χ3n) is 17.1. The van der Waals surface area contributed by atoms with E-state index in [4.69, 9.17) is 85.2 Å². The van der Waals surface area contributed by atoms with Gasteiger partial charge in [-0.3, -0.25) is 0 Å². The number of carbonyl (C=O) groups excluding carboxylic acids is 1. The van der Waals surface area contributed by atoms with Gasteiger partial charge in [0.1, 0.15) is 69.6 Å². The van der Waals surface area contributed by atoms with E-state index in [2.05, 4.69) is 45.4 Å². The first-order valence-corrected chi connectivity index (χ1v) is 36.5. The number of ether oxygens (including phenoxy) is 9. The van der Waals surface area contributed by atoms with Crippen molar-refractivity contribution in [1.29, 1.82) is 0 Å². The predicted molar refractivity (Wildman–Crippen MR) is 388 cm³/mol. The van der Waals surface area contributed by atoms with E-state index in [1.165, 1.54) is 29.8 Å². The van der Waals surface area contributed by atoms with Gasteiger partial charge in [0.25, 0.3) is 0 Å². The lowest BCUT2D eigenvalue weighted by Gasteiger charge is -2.37. The van der Waals surface area contributed by atoms with Crippen molar-refractivity contribution < 1.29 is 56.2 Å². The molecule has 98 heavy (non-hydrogen) atoms. The van der Waals surface area contributed by atoms with Crippen molar-refractivity contribution in [3.05, 3.63) is 232 Å². The molecule has 20 heteroatoms. The average molecular weight is 1400 g/mol. The normalized spacial score (nSPS) is 12.6. The van der Waals surface area contributed by atoms with E-state index in [-0.39, 0.29) is 59.6 Å². The summed E-state index contributed by atoms with van der Waals surface area (Å²) in [7, 11) is 2.43. The number of fused-ring (bicyclic) bond motifs is 1. The van der Waals surface area contributed by atoms with Gasteiger partial charge in [0.15, 0.2) is 11.6 Å². The minimum absolute atomic E-state index is 0.0321. The Balaban J connectivity index is 1.07. The van der Waals surface area contributed by atoms with Crippen LogP contribution in [0.5, 0.6) is 40.4 Å². The van der Waals surface area contributed by atoms with Gasteiger partial charge in [-0.25, -0.2) is 29.1 Å². The van der Waals surface area contributed by atoms with Crippen LogP contribution in [0.1, 0.15) is 80.6 Å². The van der Waals surface area contributed by atoms with Crippen molar-refractivity contribution in [2.75, 3.05) is 41.2 Å². The Morgan fingerprint density at radius 2 is 1.32 bits per heavy atom. The van der Waals surface area contributed by atoms with Crippen LogP contribution >= 0.6 is 34.5 Å². The molecular weight excluding hydrogens is 1320 g/mol. The summed E-state index contributed by atoms with van der Waals surface area (Å²) in [4.78, 5) is 35.3. The molecule has 10 aromatic rings. The van der Waals surface area contributed by atoms with Crippen molar-refractivity contribution >= 4 is 59.0 Å². The molecule has 3 heterocycles. The molecule has 7 aromatic carbocycles. The second kappa shape index (κ2) is 30.9. The van der Waals surface area contributed by atoms with Crippen LogP contribution in [0.4, 0.5) is 4.39 Å². The van der Waals surface area contributed by atoms with E-state index in [0.717, 1.165) is 22.3 Å². The van der Waals surface area contributed by atoms with Gasteiger partial charge in [0, 0.05) is 28.6 Å². The van der Waals surface area contributed by atoms with Crippen LogP contribution in [0.15, 0.2) is 177 Å². The van der Waals surface area contributed by atoms with Gasteiger partial charge >= 0.3 is 5.97 Å². The smallest absolute Gasteiger partial charge is 0.348 e. The average Bonchev–Trinajstić information content (AvgIpc) is 1.51. The molecule has 10 rings (SSSR count). The van der Waals surface area contributed by atoms with E-state index in [1.54, 1.807) is 72.6 Å². The minimum Gasteiger partial charge on any atom is -0.543 e. The lowest BCUT2D eigenvalue weighted by Crippen LogP contribution is -2.43. The molecule has 0 saturated heterocycles. The molecule has 0 saturated carbocycles. The van der Waals surface area contributed by atoms with E-state index in [0.29, 0.717) is 88.7 Å². The third kappa shape index (κ3) is 16.1. The quantitative estimate of drug-likeness (QED) is 0.0150. The first-order valence-electron chi connectivity index (χ1n) is 32.0. The van der Waals surface area contributed by atoms with Crippen LogP contribution in [0.25, 0.3) is 43.2 Å². The lowest BCUT2D eigenvalue weighted by molar-refractivity contribution is -0.163. The van der Waals surface area contributed by atoms with Crippen molar-refractivity contribution in [2.24, 2.45) is 0 Å². The molecule has 0 radical (unpaired) electrons. The molecule has 0 bridgehead atoms. The Morgan fingerprint density at radius 3 is 1.93 bits per heavy atom. The number of hydrogen-bond donors (Lipinski definition) is 0. The Labute approximate surface area is 587 Å². The van der Waals surface area contributed by atoms with E-state index < -0.39 is 43.5 Å².